The van der Waals surface area contributed by atoms with Crippen molar-refractivity contribution in [1.82, 2.24) is 14.9 Å². The molecule has 5 nitrogen and oxygen atoms in total. The lowest BCUT2D eigenvalue weighted by molar-refractivity contribution is 0.0954. The molecule has 3 rings (SSSR count). The number of carbonyl (C=O) groups excluding carboxylic acids is 1. The van der Waals surface area contributed by atoms with E-state index < -0.39 is 0 Å². The highest BCUT2D eigenvalue weighted by atomic mass is 16.5. The summed E-state index contributed by atoms with van der Waals surface area (Å²) in [4.78, 5) is 16.5. The second-order valence-electron chi connectivity index (χ2n) is 6.15. The largest absolute Gasteiger partial charge is 0.497 e. The third kappa shape index (κ3) is 4.51. The van der Waals surface area contributed by atoms with E-state index in [-0.39, 0.29) is 5.91 Å². The molecule has 2 aromatic carbocycles. The highest BCUT2D eigenvalue weighted by Gasteiger charge is 2.06. The van der Waals surface area contributed by atoms with Gasteiger partial charge in [-0.05, 0) is 48.7 Å². The van der Waals surface area contributed by atoms with Gasteiger partial charge in [-0.3, -0.25) is 4.79 Å². The number of aromatic nitrogens is 2. The van der Waals surface area contributed by atoms with E-state index in [0.717, 1.165) is 35.7 Å². The molecule has 26 heavy (non-hydrogen) atoms. The molecule has 134 valence electrons. The number of hydrogen-bond donors (Lipinski definition) is 1. The number of rotatable bonds is 7. The van der Waals surface area contributed by atoms with E-state index in [1.807, 2.05) is 61.7 Å². The Labute approximate surface area is 153 Å². The Bertz CT molecular complexity index is 852. The molecule has 0 bridgehead atoms. The van der Waals surface area contributed by atoms with Crippen molar-refractivity contribution in [2.24, 2.45) is 0 Å². The van der Waals surface area contributed by atoms with Crippen molar-refractivity contribution in [3.05, 3.63) is 83.4 Å². The molecule has 0 aliphatic heterocycles. The topological polar surface area (TPSA) is 56.1 Å². The van der Waals surface area contributed by atoms with Gasteiger partial charge in [0.2, 0.25) is 0 Å². The number of methoxy groups -OCH3 is 1. The van der Waals surface area contributed by atoms with Gasteiger partial charge < -0.3 is 14.6 Å². The number of benzene rings is 2. The quantitative estimate of drug-likeness (QED) is 0.712. The fraction of sp³-hybridized carbons (Fsp3) is 0.238. The summed E-state index contributed by atoms with van der Waals surface area (Å²) in [5, 5.41) is 2.96. The Balaban J connectivity index is 1.50. The molecule has 1 N–H and O–H groups in total. The van der Waals surface area contributed by atoms with Crippen molar-refractivity contribution in [2.75, 3.05) is 13.7 Å². The van der Waals surface area contributed by atoms with Crippen LogP contribution in [0.3, 0.4) is 0 Å². The zero-order chi connectivity index (χ0) is 18.4. The van der Waals surface area contributed by atoms with Crippen LogP contribution in [0.25, 0.3) is 0 Å². The van der Waals surface area contributed by atoms with Crippen LogP contribution in [-0.2, 0) is 13.0 Å². The molecule has 0 atom stereocenters. The third-order valence-corrected chi connectivity index (χ3v) is 4.35. The Kier molecular flexibility index (Phi) is 5.69. The van der Waals surface area contributed by atoms with E-state index in [2.05, 4.69) is 14.9 Å². The van der Waals surface area contributed by atoms with E-state index in [1.165, 1.54) is 0 Å². The Hall–Kier alpha value is -3.08. The Morgan fingerprint density at radius 1 is 1.08 bits per heavy atom. The molecular formula is C21H23N3O2. The summed E-state index contributed by atoms with van der Waals surface area (Å²) in [5.41, 5.74) is 2.98. The molecule has 1 amide bonds. The standard InChI is InChI=1S/C21H23N3O2/c1-16-22-13-14-24(16)15-18-3-7-19(8-4-18)21(25)23-12-11-17-5-9-20(26-2)10-6-17/h3-10,13-14H,11-12,15H2,1-2H3,(H,23,25). The second-order valence-corrected chi connectivity index (χ2v) is 6.15. The number of aryl methyl sites for hydroxylation is 1. The summed E-state index contributed by atoms with van der Waals surface area (Å²) in [6.07, 6.45) is 4.53. The zero-order valence-corrected chi connectivity index (χ0v) is 15.1. The van der Waals surface area contributed by atoms with E-state index in [9.17, 15) is 4.79 Å². The van der Waals surface area contributed by atoms with Crippen LogP contribution in [0.5, 0.6) is 5.75 Å². The minimum absolute atomic E-state index is 0.0520. The van der Waals surface area contributed by atoms with Gasteiger partial charge in [-0.2, -0.15) is 0 Å². The molecule has 1 heterocycles. The number of nitrogens with one attached hydrogen (secondary N) is 1. The maximum Gasteiger partial charge on any atom is 0.251 e. The minimum Gasteiger partial charge on any atom is -0.497 e. The van der Waals surface area contributed by atoms with Crippen molar-refractivity contribution in [3.8, 4) is 5.75 Å². The van der Waals surface area contributed by atoms with Crippen LogP contribution in [-0.4, -0.2) is 29.1 Å². The molecule has 5 heteroatoms. The van der Waals surface area contributed by atoms with E-state index in [1.54, 1.807) is 13.3 Å². The summed E-state index contributed by atoms with van der Waals surface area (Å²) >= 11 is 0. The fourth-order valence-corrected chi connectivity index (χ4v) is 2.74. The number of carbonyl (C=O) groups is 1. The van der Waals surface area contributed by atoms with E-state index in [4.69, 9.17) is 4.74 Å². The SMILES string of the molecule is COc1ccc(CCNC(=O)c2ccc(Cn3ccnc3C)cc2)cc1. The van der Waals surface area contributed by atoms with Crippen LogP contribution in [0.2, 0.25) is 0 Å². The fourth-order valence-electron chi connectivity index (χ4n) is 2.74. The first-order chi connectivity index (χ1) is 12.7. The Morgan fingerprint density at radius 3 is 2.38 bits per heavy atom. The average Bonchev–Trinajstić information content (AvgIpc) is 3.07. The molecule has 0 fully saturated rings. The summed E-state index contributed by atoms with van der Waals surface area (Å²) in [6.45, 7) is 3.33. The molecule has 3 aromatic rings. The predicted octanol–water partition coefficient (Wildman–Crippen LogP) is 3.22. The predicted molar refractivity (Wildman–Crippen MR) is 102 cm³/mol. The van der Waals surface area contributed by atoms with Crippen LogP contribution >= 0.6 is 0 Å². The molecule has 0 saturated heterocycles. The van der Waals surface area contributed by atoms with Gasteiger partial charge >= 0.3 is 0 Å². The average molecular weight is 349 g/mol. The highest BCUT2D eigenvalue weighted by Crippen LogP contribution is 2.12. The van der Waals surface area contributed by atoms with Crippen LogP contribution in [0.4, 0.5) is 0 Å². The smallest absolute Gasteiger partial charge is 0.251 e. The van der Waals surface area contributed by atoms with Crippen LogP contribution in [0.1, 0.15) is 27.3 Å². The summed E-state index contributed by atoms with van der Waals surface area (Å²) in [5.74, 6) is 1.76. The van der Waals surface area contributed by atoms with Gasteiger partial charge in [-0.25, -0.2) is 4.98 Å². The van der Waals surface area contributed by atoms with Gasteiger partial charge in [-0.1, -0.05) is 24.3 Å². The van der Waals surface area contributed by atoms with Gasteiger partial charge in [0, 0.05) is 31.0 Å². The molecule has 0 aliphatic rings. The highest BCUT2D eigenvalue weighted by molar-refractivity contribution is 5.94. The maximum absolute atomic E-state index is 12.3. The first kappa shape index (κ1) is 17.7. The van der Waals surface area contributed by atoms with Crippen molar-refractivity contribution in [3.63, 3.8) is 0 Å². The summed E-state index contributed by atoms with van der Waals surface area (Å²) < 4.78 is 7.22. The molecule has 1 aromatic heterocycles. The number of ether oxygens (including phenoxy) is 1. The van der Waals surface area contributed by atoms with Gasteiger partial charge in [0.1, 0.15) is 11.6 Å². The lowest BCUT2D eigenvalue weighted by Crippen LogP contribution is -2.25. The zero-order valence-electron chi connectivity index (χ0n) is 15.1. The minimum atomic E-state index is -0.0520. The molecule has 0 unspecified atom stereocenters. The van der Waals surface area contributed by atoms with Gasteiger partial charge in [-0.15, -0.1) is 0 Å². The van der Waals surface area contributed by atoms with Gasteiger partial charge in [0.25, 0.3) is 5.91 Å². The summed E-state index contributed by atoms with van der Waals surface area (Å²) in [7, 11) is 1.65. The van der Waals surface area contributed by atoms with Crippen molar-refractivity contribution in [1.29, 1.82) is 0 Å². The lowest BCUT2D eigenvalue weighted by atomic mass is 10.1. The molecule has 0 aliphatic carbocycles. The van der Waals surface area contributed by atoms with Crippen molar-refractivity contribution < 1.29 is 9.53 Å². The van der Waals surface area contributed by atoms with Gasteiger partial charge in [0.15, 0.2) is 0 Å². The number of hydrogen-bond acceptors (Lipinski definition) is 3. The Morgan fingerprint density at radius 2 is 1.77 bits per heavy atom. The van der Waals surface area contributed by atoms with E-state index in [0.29, 0.717) is 12.1 Å². The monoisotopic (exact) mass is 349 g/mol. The van der Waals surface area contributed by atoms with Crippen LogP contribution in [0, 0.1) is 6.92 Å². The molecular weight excluding hydrogens is 326 g/mol. The van der Waals surface area contributed by atoms with Crippen molar-refractivity contribution >= 4 is 5.91 Å². The summed E-state index contributed by atoms with van der Waals surface area (Å²) in [6, 6.07) is 15.6. The first-order valence-corrected chi connectivity index (χ1v) is 8.63. The van der Waals surface area contributed by atoms with Gasteiger partial charge in [0.05, 0.1) is 7.11 Å². The normalized spacial score (nSPS) is 10.5. The number of nitrogens with zero attached hydrogens (tertiary/aromatic N) is 2. The number of imidazole rings is 1. The van der Waals surface area contributed by atoms with Crippen LogP contribution in [0.15, 0.2) is 60.9 Å². The molecule has 0 saturated carbocycles. The third-order valence-electron chi connectivity index (χ3n) is 4.35. The second kappa shape index (κ2) is 8.34. The number of amides is 1. The maximum atomic E-state index is 12.3. The van der Waals surface area contributed by atoms with E-state index >= 15 is 0 Å². The van der Waals surface area contributed by atoms with Crippen molar-refractivity contribution in [2.45, 2.75) is 19.9 Å². The first-order valence-electron chi connectivity index (χ1n) is 8.63. The molecule has 0 spiro atoms. The van der Waals surface area contributed by atoms with Crippen LogP contribution < -0.4 is 10.1 Å². The molecule has 0 radical (unpaired) electrons. The lowest BCUT2D eigenvalue weighted by Gasteiger charge is -2.08.